The molecule has 0 spiro atoms. The van der Waals surface area contributed by atoms with Crippen LogP contribution < -0.4 is 0 Å². The number of hydrogen-bond donors (Lipinski definition) is 0. The van der Waals surface area contributed by atoms with Crippen molar-refractivity contribution in [3.8, 4) is 0 Å². The van der Waals surface area contributed by atoms with Crippen LogP contribution in [0.2, 0.25) is 0 Å². The van der Waals surface area contributed by atoms with Gasteiger partial charge in [-0.2, -0.15) is 0 Å². The van der Waals surface area contributed by atoms with Gasteiger partial charge in [0.15, 0.2) is 0 Å². The van der Waals surface area contributed by atoms with E-state index in [9.17, 15) is 4.39 Å². The lowest BCUT2D eigenvalue weighted by Crippen LogP contribution is -2.35. The Bertz CT molecular complexity index is 717. The van der Waals surface area contributed by atoms with Crippen LogP contribution in [0, 0.1) is 5.82 Å². The Morgan fingerprint density at radius 3 is 2.84 bits per heavy atom. The largest absolute Gasteiger partial charge is 0.377 e. The van der Waals surface area contributed by atoms with E-state index < -0.39 is 0 Å². The highest BCUT2D eigenvalue weighted by Crippen LogP contribution is 2.22. The summed E-state index contributed by atoms with van der Waals surface area (Å²) >= 11 is 0. The van der Waals surface area contributed by atoms with E-state index in [0.717, 1.165) is 57.0 Å². The van der Waals surface area contributed by atoms with E-state index in [-0.39, 0.29) is 5.82 Å². The predicted octanol–water partition coefficient (Wildman–Crippen LogP) is 3.06. The maximum atomic E-state index is 14.0. The second-order valence-corrected chi connectivity index (χ2v) is 7.17. The van der Waals surface area contributed by atoms with Crippen LogP contribution in [0.1, 0.15) is 24.8 Å². The Morgan fingerprint density at radius 1 is 1.08 bits per heavy atom. The number of hydrogen-bond acceptors (Lipinski definition) is 4. The summed E-state index contributed by atoms with van der Waals surface area (Å²) < 4.78 is 19.8. The summed E-state index contributed by atoms with van der Waals surface area (Å²) in [6.45, 7) is 7.16. The second-order valence-electron chi connectivity index (χ2n) is 7.17. The van der Waals surface area contributed by atoms with E-state index in [0.29, 0.717) is 11.5 Å². The molecule has 1 aromatic carbocycles. The van der Waals surface area contributed by atoms with Crippen LogP contribution in [0.4, 0.5) is 4.39 Å². The molecule has 0 saturated carbocycles. The molecule has 4 rings (SSSR count). The average molecular weight is 343 g/mol. The molecule has 2 saturated heterocycles. The molecule has 0 N–H and O–H groups in total. The van der Waals surface area contributed by atoms with Crippen molar-refractivity contribution < 1.29 is 9.13 Å². The monoisotopic (exact) mass is 343 g/mol. The molecule has 2 aliphatic rings. The molecular weight excluding hydrogens is 317 g/mol. The summed E-state index contributed by atoms with van der Waals surface area (Å²) in [5.74, 6) is -0.189. The number of fused-ring (bicyclic) bond motifs is 1. The van der Waals surface area contributed by atoms with Crippen molar-refractivity contribution >= 4 is 10.9 Å². The summed E-state index contributed by atoms with van der Waals surface area (Å²) in [5.41, 5.74) is 1.91. The van der Waals surface area contributed by atoms with Crippen LogP contribution in [-0.2, 0) is 11.3 Å². The van der Waals surface area contributed by atoms with Gasteiger partial charge in [-0.1, -0.05) is 6.07 Å². The standard InChI is InChI=1S/C20H26FN3O/c21-19-7-6-16(20-18(19)5-1-8-22-20)14-23-9-3-10-24(12-11-23)15-17-4-2-13-25-17/h1,5-8,17H,2-4,9-15H2/t17-/m1/s1. The zero-order valence-electron chi connectivity index (χ0n) is 14.7. The molecule has 0 amide bonds. The van der Waals surface area contributed by atoms with E-state index in [1.165, 1.54) is 19.3 Å². The molecule has 0 bridgehead atoms. The molecule has 4 nitrogen and oxygen atoms in total. The van der Waals surface area contributed by atoms with Crippen LogP contribution >= 0.6 is 0 Å². The fraction of sp³-hybridized carbons (Fsp3) is 0.550. The van der Waals surface area contributed by atoms with Gasteiger partial charge in [-0.25, -0.2) is 4.39 Å². The highest BCUT2D eigenvalue weighted by Gasteiger charge is 2.22. The Kier molecular flexibility index (Phi) is 5.25. The second kappa shape index (κ2) is 7.77. The fourth-order valence-corrected chi connectivity index (χ4v) is 4.01. The van der Waals surface area contributed by atoms with Crippen molar-refractivity contribution in [1.82, 2.24) is 14.8 Å². The quantitative estimate of drug-likeness (QED) is 0.853. The number of nitrogens with zero attached hydrogens (tertiary/aromatic N) is 3. The summed E-state index contributed by atoms with van der Waals surface area (Å²) in [4.78, 5) is 9.43. The first-order chi connectivity index (χ1) is 12.3. The van der Waals surface area contributed by atoms with Gasteiger partial charge >= 0.3 is 0 Å². The molecule has 2 fully saturated rings. The van der Waals surface area contributed by atoms with E-state index >= 15 is 0 Å². The molecule has 3 heterocycles. The number of ether oxygens (including phenoxy) is 1. The van der Waals surface area contributed by atoms with E-state index in [4.69, 9.17) is 4.74 Å². The van der Waals surface area contributed by atoms with Gasteiger partial charge in [0.1, 0.15) is 5.82 Å². The SMILES string of the molecule is Fc1ccc(CN2CCCN(C[C@H]3CCCO3)CC2)c2ncccc12. The van der Waals surface area contributed by atoms with Crippen molar-refractivity contribution in [3.05, 3.63) is 41.8 Å². The molecule has 1 aromatic heterocycles. The molecule has 2 aromatic rings. The number of aromatic nitrogens is 1. The number of rotatable bonds is 4. The molecule has 1 atom stereocenters. The third-order valence-corrected chi connectivity index (χ3v) is 5.36. The Labute approximate surface area is 148 Å². The zero-order valence-corrected chi connectivity index (χ0v) is 14.7. The van der Waals surface area contributed by atoms with Crippen LogP contribution in [0.3, 0.4) is 0 Å². The Morgan fingerprint density at radius 2 is 1.96 bits per heavy atom. The molecule has 0 aliphatic carbocycles. The lowest BCUT2D eigenvalue weighted by molar-refractivity contribution is 0.0742. The number of pyridine rings is 1. The van der Waals surface area contributed by atoms with Gasteiger partial charge in [-0.05, 0) is 56.1 Å². The highest BCUT2D eigenvalue weighted by molar-refractivity contribution is 5.82. The van der Waals surface area contributed by atoms with Crippen molar-refractivity contribution in [2.75, 3.05) is 39.3 Å². The zero-order chi connectivity index (χ0) is 17.1. The normalized spacial score (nSPS) is 23.2. The minimum Gasteiger partial charge on any atom is -0.377 e. The lowest BCUT2D eigenvalue weighted by Gasteiger charge is -2.24. The molecule has 25 heavy (non-hydrogen) atoms. The smallest absolute Gasteiger partial charge is 0.132 e. The van der Waals surface area contributed by atoms with Crippen molar-refractivity contribution in [2.45, 2.75) is 31.9 Å². The van der Waals surface area contributed by atoms with Crippen molar-refractivity contribution in [3.63, 3.8) is 0 Å². The average Bonchev–Trinajstić information content (AvgIpc) is 3.05. The highest BCUT2D eigenvalue weighted by atomic mass is 19.1. The predicted molar refractivity (Wildman–Crippen MR) is 97.0 cm³/mol. The van der Waals surface area contributed by atoms with Gasteiger partial charge in [-0.15, -0.1) is 0 Å². The fourth-order valence-electron chi connectivity index (χ4n) is 4.01. The van der Waals surface area contributed by atoms with Gasteiger partial charge in [-0.3, -0.25) is 14.8 Å². The Hall–Kier alpha value is -1.56. The first-order valence-electron chi connectivity index (χ1n) is 9.38. The maximum Gasteiger partial charge on any atom is 0.132 e. The van der Waals surface area contributed by atoms with Crippen molar-refractivity contribution in [2.24, 2.45) is 0 Å². The van der Waals surface area contributed by atoms with Gasteiger partial charge < -0.3 is 4.74 Å². The molecule has 5 heteroatoms. The lowest BCUT2D eigenvalue weighted by atomic mass is 10.1. The minimum atomic E-state index is -0.189. The van der Waals surface area contributed by atoms with Gasteiger partial charge in [0.2, 0.25) is 0 Å². The molecular formula is C20H26FN3O. The van der Waals surface area contributed by atoms with Crippen LogP contribution in [0.25, 0.3) is 10.9 Å². The minimum absolute atomic E-state index is 0.189. The molecule has 0 radical (unpaired) electrons. The van der Waals surface area contributed by atoms with Crippen LogP contribution in [0.5, 0.6) is 0 Å². The molecule has 2 aliphatic heterocycles. The van der Waals surface area contributed by atoms with Gasteiger partial charge in [0.05, 0.1) is 11.6 Å². The third kappa shape index (κ3) is 4.00. The first-order valence-corrected chi connectivity index (χ1v) is 9.38. The van der Waals surface area contributed by atoms with E-state index in [1.807, 2.05) is 12.1 Å². The summed E-state index contributed by atoms with van der Waals surface area (Å²) in [6.07, 6.45) is 5.75. The number of benzene rings is 1. The van der Waals surface area contributed by atoms with Crippen LogP contribution in [0.15, 0.2) is 30.5 Å². The summed E-state index contributed by atoms with van der Waals surface area (Å²) in [5, 5.41) is 0.620. The topological polar surface area (TPSA) is 28.6 Å². The molecule has 0 unspecified atom stereocenters. The van der Waals surface area contributed by atoms with E-state index in [2.05, 4.69) is 14.8 Å². The van der Waals surface area contributed by atoms with Gasteiger partial charge in [0.25, 0.3) is 0 Å². The summed E-state index contributed by atoms with van der Waals surface area (Å²) in [7, 11) is 0. The molecule has 134 valence electrons. The van der Waals surface area contributed by atoms with E-state index in [1.54, 1.807) is 18.3 Å². The summed E-state index contributed by atoms with van der Waals surface area (Å²) in [6, 6.07) is 7.07. The number of halogens is 1. The van der Waals surface area contributed by atoms with Crippen LogP contribution in [-0.4, -0.2) is 60.2 Å². The third-order valence-electron chi connectivity index (χ3n) is 5.36. The van der Waals surface area contributed by atoms with Crippen molar-refractivity contribution in [1.29, 1.82) is 0 Å². The Balaban J connectivity index is 1.41. The first kappa shape index (κ1) is 16.9. The maximum absolute atomic E-state index is 14.0. The van der Waals surface area contributed by atoms with Gasteiger partial charge in [0, 0.05) is 44.4 Å².